The lowest BCUT2D eigenvalue weighted by Crippen LogP contribution is -1.25. The van der Waals surface area contributed by atoms with Crippen molar-refractivity contribution in [1.82, 2.24) is 0 Å². The van der Waals surface area contributed by atoms with Crippen molar-refractivity contribution in [3.8, 4) is 0 Å². The van der Waals surface area contributed by atoms with Gasteiger partial charge in [0, 0.05) is 7.11 Å². The van der Waals surface area contributed by atoms with Crippen LogP contribution >= 0.6 is 0 Å². The Bertz CT molecular complexity index is 8.09. The van der Waals surface area contributed by atoms with E-state index in [1.807, 2.05) is 0 Å². The smallest absolute Gasteiger partial charge is 0.0319 e. The standard InChI is InChI=1S/CH4O.99H2O/c1-2;;;;;;;;;;;;;;;;;;;;;;;;;;;;;;;;;;;;;;;;;;;;;;;;;;;;;;;;;;;;;;;;;;;;;;;;;;;;;;;;;;;;;;;;;;;;;;;;;;;/h2H,1H3;99*1H2. The Balaban J connectivity index is -0.00000000000103. The fourth-order valence-electron chi connectivity index (χ4n) is 0. The lowest BCUT2D eigenvalue weighted by Gasteiger charge is -1.21. The molecule has 0 aromatic rings. The van der Waals surface area contributed by atoms with Crippen LogP contribution in [0.15, 0.2) is 0 Å². The normalized spacial score (nSPS) is 0.0594. The molecule has 0 bridgehead atoms. The molecule has 0 radical (unpaired) electrons. The molecule has 0 spiro atoms. The Morgan fingerprint density at radius 1 is 0.0396 bits per heavy atom. The Hall–Kier alpha value is -4.00. The Labute approximate surface area is 556 Å². The van der Waals surface area contributed by atoms with E-state index in [0.717, 1.165) is 7.11 Å². The van der Waals surface area contributed by atoms with Gasteiger partial charge in [-0.25, -0.2) is 0 Å². The van der Waals surface area contributed by atoms with E-state index in [1.54, 1.807) is 0 Å². The fourth-order valence-corrected chi connectivity index (χ4v) is 0. The molecule has 0 unspecified atom stereocenters. The highest BCUT2D eigenvalue weighted by Crippen LogP contribution is 0.755. The molecule has 0 atom stereocenters. The minimum atomic E-state index is 0. The van der Waals surface area contributed by atoms with Gasteiger partial charge in [0.25, 0.3) is 0 Å². The molecule has 0 saturated carbocycles. The molecule has 100 nitrogen and oxygen atoms in total. The summed E-state index contributed by atoms with van der Waals surface area (Å²) < 4.78 is 0. The highest BCUT2D eigenvalue weighted by atomic mass is 16.2. The zero-order chi connectivity index (χ0) is 2.00. The fraction of sp³-hybridized carbons (Fsp3) is 1.00. The van der Waals surface area contributed by atoms with Crippen molar-refractivity contribution >= 4 is 0 Å². The van der Waals surface area contributed by atoms with Crippen molar-refractivity contribution < 1.29 is 547 Å². The maximum absolute atomic E-state index is 7.00. The van der Waals surface area contributed by atoms with E-state index in [9.17, 15) is 0 Å². The number of aliphatic hydroxyl groups excluding tert-OH is 1. The molecule has 100 heteroatoms. The summed E-state index contributed by atoms with van der Waals surface area (Å²) in [6.07, 6.45) is 0. The quantitative estimate of drug-likeness (QED) is 0.243. The van der Waals surface area contributed by atoms with Gasteiger partial charge in [0.1, 0.15) is 0 Å². The third-order valence-electron chi connectivity index (χ3n) is 0. The van der Waals surface area contributed by atoms with Crippen molar-refractivity contribution in [3.05, 3.63) is 0 Å². The monoisotopic (exact) mass is 1820 g/mol. The first-order valence-electron chi connectivity index (χ1n) is 0.447. The molecule has 0 aromatic carbocycles. The van der Waals surface area contributed by atoms with Crippen molar-refractivity contribution in [3.63, 3.8) is 0 Å². The third kappa shape index (κ3) is 53000. The first-order valence-corrected chi connectivity index (χ1v) is 0.447. The van der Waals surface area contributed by atoms with Crippen LogP contribution in [0.2, 0.25) is 0 Å². The number of hydrogen-bond acceptors (Lipinski definition) is 1. The van der Waals surface area contributed by atoms with Crippen LogP contribution in [-0.2, 0) is 0 Å². The summed E-state index contributed by atoms with van der Waals surface area (Å²) in [6, 6.07) is 0. The number of rotatable bonds is 0. The van der Waals surface area contributed by atoms with Crippen LogP contribution in [0.25, 0.3) is 0 Å². The van der Waals surface area contributed by atoms with Crippen molar-refractivity contribution in [2.75, 3.05) is 7.11 Å². The molecule has 0 aromatic heterocycles. The van der Waals surface area contributed by atoms with E-state index in [0.29, 0.717) is 0 Å². The van der Waals surface area contributed by atoms with E-state index in [4.69, 9.17) is 5.11 Å². The van der Waals surface area contributed by atoms with Gasteiger partial charge in [0.05, 0.1) is 0 Å². The average molecular weight is 1820 g/mol. The van der Waals surface area contributed by atoms with E-state index < -0.39 is 0 Å². The summed E-state index contributed by atoms with van der Waals surface area (Å²) in [7, 11) is 1.00. The largest absolute Gasteiger partial charge is 0.412 e. The Kier molecular flexibility index (Phi) is 53300000. The first-order chi connectivity index (χ1) is 1.00. The summed E-state index contributed by atoms with van der Waals surface area (Å²) in [5.41, 5.74) is 0. The SMILES string of the molecule is CO.O.O.O.O.O.O.O.O.O.O.O.O.O.O.O.O.O.O.O.O.O.O.O.O.O.O.O.O.O.O.O.O.O.O.O.O.O.O.O.O.O.O.O.O.O.O.O.O.O.O.O.O.O.O.O.O.O.O.O.O.O.O.O.O.O.O.O.O.O.O.O.O.O.O.O.O.O.O.O.O.O.O.O.O.O.O.O.O.O.O.O.O.O.O.O.O.O.O.O. The van der Waals surface area contributed by atoms with Gasteiger partial charge in [-0.1, -0.05) is 0 Å². The van der Waals surface area contributed by atoms with E-state index in [1.165, 1.54) is 0 Å². The maximum Gasteiger partial charge on any atom is 0.0319 e. The summed E-state index contributed by atoms with van der Waals surface area (Å²) in [6.45, 7) is 0. The minimum Gasteiger partial charge on any atom is -0.412 e. The molecule has 101 heavy (non-hydrogen) atoms. The Morgan fingerprint density at radius 3 is 0.0396 bits per heavy atom. The predicted octanol–water partition coefficient (Wildman–Crippen LogP) is -82.0. The van der Waals surface area contributed by atoms with Crippen molar-refractivity contribution in [2.45, 2.75) is 0 Å². The molecule has 0 heterocycles. The second kappa shape index (κ2) is 54100. The van der Waals surface area contributed by atoms with Gasteiger partial charge in [-0.15, -0.1) is 0 Å². The van der Waals surface area contributed by atoms with Crippen LogP contribution in [0, 0.1) is 0 Å². The molecule has 0 aliphatic rings. The van der Waals surface area contributed by atoms with Crippen LogP contribution in [-0.4, -0.2) is 554 Å². The maximum atomic E-state index is 7.00. The van der Waals surface area contributed by atoms with Gasteiger partial charge in [-0.3, -0.25) is 0 Å². The minimum absolute atomic E-state index is 0. The number of hydrogen-bond donors (Lipinski definition) is 1. The average Bonchev–Trinajstić information content (AvgIpc) is 1.00. The van der Waals surface area contributed by atoms with Gasteiger partial charge < -0.3 is 547 Å². The molecular weight excluding hydrogens is 1610 g/mol. The van der Waals surface area contributed by atoms with E-state index in [-0.39, 0.29) is 542 Å². The molecular formula is CH202O100. The zero-order valence-electron chi connectivity index (χ0n) is 50.9. The molecule has 0 fully saturated rings. The lowest BCUT2D eigenvalue weighted by molar-refractivity contribution is 0.399. The summed E-state index contributed by atoms with van der Waals surface area (Å²) in [5, 5.41) is 7.00. The van der Waals surface area contributed by atoms with Crippen LogP contribution in [0.5, 0.6) is 0 Å². The topological polar surface area (TPSA) is 3140 Å². The zero-order valence-corrected chi connectivity index (χ0v) is 50.9. The van der Waals surface area contributed by atoms with E-state index in [2.05, 4.69) is 0 Å². The molecule has 0 saturated heterocycles. The van der Waals surface area contributed by atoms with Gasteiger partial charge in [0.2, 0.25) is 0 Å². The predicted molar refractivity (Wildman–Crippen MR) is 366 cm³/mol. The number of aliphatic hydroxyl groups is 1. The molecule has 199 N–H and O–H groups in total. The molecule has 0 aliphatic heterocycles. The highest BCUT2D eigenvalue weighted by molar-refractivity contribution is 3.18. The molecule has 0 rings (SSSR count). The summed E-state index contributed by atoms with van der Waals surface area (Å²) in [4.78, 5) is 0. The summed E-state index contributed by atoms with van der Waals surface area (Å²) in [5.74, 6) is 0. The van der Waals surface area contributed by atoms with Crippen LogP contribution < -0.4 is 0 Å². The highest BCUT2D eigenvalue weighted by Gasteiger charge is 0.839. The van der Waals surface area contributed by atoms with Gasteiger partial charge in [-0.05, 0) is 0 Å². The molecule has 806 valence electrons. The Morgan fingerprint density at radius 2 is 0.0396 bits per heavy atom. The molecule has 0 amide bonds. The lowest BCUT2D eigenvalue weighted by atomic mass is 11.8. The van der Waals surface area contributed by atoms with Crippen molar-refractivity contribution in [2.24, 2.45) is 0 Å². The second-order valence-corrected chi connectivity index (χ2v) is 0. The summed E-state index contributed by atoms with van der Waals surface area (Å²) >= 11 is 0. The first kappa shape index (κ1) is 99300. The van der Waals surface area contributed by atoms with E-state index >= 15 is 0 Å². The van der Waals surface area contributed by atoms with Gasteiger partial charge >= 0.3 is 0 Å². The third-order valence-corrected chi connectivity index (χ3v) is 0. The van der Waals surface area contributed by atoms with Crippen LogP contribution in [0.4, 0.5) is 0 Å². The molecule has 0 aliphatic carbocycles. The van der Waals surface area contributed by atoms with Gasteiger partial charge in [-0.2, -0.15) is 0 Å². The van der Waals surface area contributed by atoms with Crippen LogP contribution in [0.1, 0.15) is 0 Å². The van der Waals surface area contributed by atoms with Crippen LogP contribution in [0.3, 0.4) is 0 Å². The van der Waals surface area contributed by atoms with Crippen molar-refractivity contribution in [1.29, 1.82) is 0 Å². The van der Waals surface area contributed by atoms with Gasteiger partial charge in [0.15, 0.2) is 0 Å². The second-order valence-electron chi connectivity index (χ2n) is 0.